The van der Waals surface area contributed by atoms with Gasteiger partial charge in [0, 0.05) is 34.7 Å². The molecule has 0 bridgehead atoms. The summed E-state index contributed by atoms with van der Waals surface area (Å²) < 4.78 is 6.19. The van der Waals surface area contributed by atoms with E-state index in [4.69, 9.17) is 4.74 Å². The molecule has 274 valence electrons. The lowest BCUT2D eigenvalue weighted by Crippen LogP contribution is -2.53. The number of carbonyl (C=O) groups is 4. The number of benzene rings is 4. The average molecular weight is 788 g/mol. The van der Waals surface area contributed by atoms with E-state index in [-0.39, 0.29) is 30.4 Å². The normalized spacial score (nSPS) is 27.8. The fraction of sp³-hybridized carbons (Fsp3) is 0.302. The number of rotatable bonds is 6. The topological polar surface area (TPSA) is 119 Å². The third-order valence-electron chi connectivity index (χ3n) is 12.2. The number of imide groups is 2. The summed E-state index contributed by atoms with van der Waals surface area (Å²) in [6.45, 7) is 4.78. The highest BCUT2D eigenvalue weighted by Gasteiger charge is 2.70. The van der Waals surface area contributed by atoms with Gasteiger partial charge in [-0.25, -0.2) is 0 Å². The molecule has 4 amide bonds. The largest absolute Gasteiger partial charge is 0.508 e. The van der Waals surface area contributed by atoms with Crippen molar-refractivity contribution in [2.24, 2.45) is 23.7 Å². The van der Waals surface area contributed by atoms with Crippen molar-refractivity contribution in [3.8, 4) is 5.75 Å². The summed E-state index contributed by atoms with van der Waals surface area (Å²) in [5.41, 5.74) is 6.66. The molecule has 0 aromatic heterocycles. The molecule has 1 saturated carbocycles. The molecule has 10 nitrogen and oxygen atoms in total. The molecule has 5 aliphatic rings. The molecule has 2 aliphatic carbocycles. The molecule has 4 fully saturated rings. The number of anilines is 3. The molecule has 9 rings (SSSR count). The number of phenolic OH excluding ortho intramolecular Hbond substituents is 1. The van der Waals surface area contributed by atoms with Gasteiger partial charge in [0.05, 0.1) is 47.8 Å². The van der Waals surface area contributed by atoms with Gasteiger partial charge in [-0.3, -0.25) is 29.5 Å². The lowest BCUT2D eigenvalue weighted by Gasteiger charge is -2.50. The van der Waals surface area contributed by atoms with Crippen molar-refractivity contribution < 1.29 is 29.0 Å². The second-order valence-electron chi connectivity index (χ2n) is 14.9. The number of aryl methyl sites for hydroxylation is 1. The Morgan fingerprint density at radius 2 is 1.52 bits per heavy atom. The van der Waals surface area contributed by atoms with Gasteiger partial charge < -0.3 is 14.7 Å². The van der Waals surface area contributed by atoms with E-state index in [1.165, 1.54) is 4.90 Å². The highest BCUT2D eigenvalue weighted by Crippen LogP contribution is 2.65. The van der Waals surface area contributed by atoms with E-state index >= 15 is 4.79 Å². The molecule has 6 unspecified atom stereocenters. The molecule has 54 heavy (non-hydrogen) atoms. The fourth-order valence-corrected chi connectivity index (χ4v) is 10.1. The highest BCUT2D eigenvalue weighted by atomic mass is 79.9. The predicted molar refractivity (Wildman–Crippen MR) is 207 cm³/mol. The fourth-order valence-electron chi connectivity index (χ4n) is 9.74. The zero-order valence-corrected chi connectivity index (χ0v) is 31.2. The Hall–Kier alpha value is -5.26. The van der Waals surface area contributed by atoms with Crippen LogP contribution >= 0.6 is 15.9 Å². The summed E-state index contributed by atoms with van der Waals surface area (Å²) in [5.74, 6) is -5.12. The molecule has 11 heteroatoms. The smallest absolute Gasteiger partial charge is 0.260 e. The molecule has 3 heterocycles. The van der Waals surface area contributed by atoms with Crippen molar-refractivity contribution in [2.45, 2.75) is 31.1 Å². The van der Waals surface area contributed by atoms with Gasteiger partial charge in [-0.2, -0.15) is 5.01 Å². The van der Waals surface area contributed by atoms with Crippen LogP contribution in [-0.2, 0) is 29.3 Å². The predicted octanol–water partition coefficient (Wildman–Crippen LogP) is 6.49. The van der Waals surface area contributed by atoms with Crippen molar-refractivity contribution in [1.82, 2.24) is 5.01 Å². The number of phenols is 1. The summed E-state index contributed by atoms with van der Waals surface area (Å²) in [5, 5.41) is 12.7. The number of carbonyl (C=O) groups excluding carboxylic acids is 4. The van der Waals surface area contributed by atoms with Gasteiger partial charge in [-0.1, -0.05) is 75.6 Å². The van der Waals surface area contributed by atoms with E-state index in [1.54, 1.807) is 18.2 Å². The van der Waals surface area contributed by atoms with Gasteiger partial charge in [0.1, 0.15) is 5.75 Å². The van der Waals surface area contributed by atoms with Crippen molar-refractivity contribution in [3.63, 3.8) is 0 Å². The van der Waals surface area contributed by atoms with E-state index in [1.807, 2.05) is 91.9 Å². The molecular formula is C43H39BrN4O6. The summed E-state index contributed by atoms with van der Waals surface area (Å²) >= 11 is 3.59. The van der Waals surface area contributed by atoms with Crippen molar-refractivity contribution in [2.75, 3.05) is 41.5 Å². The van der Waals surface area contributed by atoms with E-state index in [0.29, 0.717) is 40.2 Å². The molecule has 4 aromatic rings. The van der Waals surface area contributed by atoms with E-state index < -0.39 is 46.8 Å². The van der Waals surface area contributed by atoms with Gasteiger partial charge >= 0.3 is 0 Å². The number of nitrogens with zero attached hydrogens (tertiary/aromatic N) is 3. The minimum atomic E-state index is -1.47. The first-order chi connectivity index (χ1) is 26.2. The van der Waals surface area contributed by atoms with Crippen molar-refractivity contribution in [1.29, 1.82) is 0 Å². The molecule has 3 aliphatic heterocycles. The van der Waals surface area contributed by atoms with Gasteiger partial charge in [0.15, 0.2) is 0 Å². The highest BCUT2D eigenvalue weighted by molar-refractivity contribution is 9.10. The number of hydrogen-bond donors (Lipinski definition) is 2. The Kier molecular flexibility index (Phi) is 8.46. The van der Waals surface area contributed by atoms with Crippen LogP contribution < -0.4 is 15.2 Å². The third kappa shape index (κ3) is 5.23. The first-order valence-corrected chi connectivity index (χ1v) is 19.2. The van der Waals surface area contributed by atoms with Crippen LogP contribution in [0.25, 0.3) is 0 Å². The second kappa shape index (κ2) is 13.2. The number of ether oxygens (including phenoxy) is 1. The van der Waals surface area contributed by atoms with Crippen molar-refractivity contribution >= 4 is 56.6 Å². The maximum absolute atomic E-state index is 15.3. The van der Waals surface area contributed by atoms with E-state index in [9.17, 15) is 19.5 Å². The number of fused-ring (bicyclic) bond motifs is 4. The number of hydrazine groups is 1. The first kappa shape index (κ1) is 34.5. The Morgan fingerprint density at radius 3 is 2.24 bits per heavy atom. The summed E-state index contributed by atoms with van der Waals surface area (Å²) in [6, 6.07) is 29.4. The molecule has 0 spiro atoms. The Balaban J connectivity index is 1.16. The number of morpholine rings is 1. The zero-order valence-electron chi connectivity index (χ0n) is 29.7. The maximum Gasteiger partial charge on any atom is 0.260 e. The number of hydrogen-bond acceptors (Lipinski definition) is 8. The number of allylic oxidation sites excluding steroid dienone is 2. The molecule has 3 saturated heterocycles. The van der Waals surface area contributed by atoms with Crippen LogP contribution in [0.15, 0.2) is 113 Å². The zero-order chi connectivity index (χ0) is 37.3. The number of nitrogens with one attached hydrogen (secondary N) is 1. The molecule has 0 radical (unpaired) electrons. The van der Waals surface area contributed by atoms with E-state index in [0.717, 1.165) is 34.9 Å². The van der Waals surface area contributed by atoms with Crippen LogP contribution in [0, 0.1) is 30.6 Å². The van der Waals surface area contributed by atoms with Crippen molar-refractivity contribution in [3.05, 3.63) is 130 Å². The minimum Gasteiger partial charge on any atom is -0.508 e. The number of amides is 4. The minimum absolute atomic E-state index is 0.0260. The van der Waals surface area contributed by atoms with Gasteiger partial charge in [-0.05, 0) is 85.8 Å². The lowest BCUT2D eigenvalue weighted by molar-refractivity contribution is -0.138. The Bertz CT molecular complexity index is 2200. The Labute approximate surface area is 321 Å². The van der Waals surface area contributed by atoms with E-state index in [2.05, 4.69) is 26.3 Å². The number of halogens is 1. The number of aromatic hydroxyl groups is 1. The monoisotopic (exact) mass is 786 g/mol. The summed E-state index contributed by atoms with van der Waals surface area (Å²) in [4.78, 5) is 62.6. The average Bonchev–Trinajstić information content (AvgIpc) is 3.58. The van der Waals surface area contributed by atoms with Gasteiger partial charge in [0.25, 0.3) is 11.8 Å². The van der Waals surface area contributed by atoms with Crippen LogP contribution in [0.4, 0.5) is 17.1 Å². The molecule has 4 aromatic carbocycles. The quantitative estimate of drug-likeness (QED) is 0.168. The molecule has 2 N–H and O–H groups in total. The van der Waals surface area contributed by atoms with Gasteiger partial charge in [-0.15, -0.1) is 0 Å². The van der Waals surface area contributed by atoms with Crippen LogP contribution in [0.2, 0.25) is 0 Å². The first-order valence-electron chi connectivity index (χ1n) is 18.4. The van der Waals surface area contributed by atoms with Crippen LogP contribution in [0.3, 0.4) is 0 Å². The summed E-state index contributed by atoms with van der Waals surface area (Å²) in [6.07, 6.45) is 2.46. The summed E-state index contributed by atoms with van der Waals surface area (Å²) in [7, 11) is 0. The van der Waals surface area contributed by atoms with Crippen LogP contribution in [0.5, 0.6) is 5.75 Å². The van der Waals surface area contributed by atoms with Crippen LogP contribution in [-0.4, -0.2) is 60.0 Å². The second-order valence-corrected chi connectivity index (χ2v) is 15.8. The third-order valence-corrected chi connectivity index (χ3v) is 12.7. The maximum atomic E-state index is 15.3. The van der Waals surface area contributed by atoms with Crippen LogP contribution in [0.1, 0.15) is 35.4 Å². The molecule has 6 atom stereocenters. The molecular weight excluding hydrogens is 748 g/mol. The Morgan fingerprint density at radius 1 is 0.815 bits per heavy atom. The standard InChI is InChI=1S/C43H39BrN4O6/c1-25-7-10-28(11-8-25)45-48-40(51)35-24-33-31(38(34-23-27(44)9-18-36(34)49)43(35,42(48)53)26-5-3-2-4-6-26)16-17-32-37(33)41(52)47(39(32)50)30-14-12-29(13-15-30)46-19-21-54-22-20-46/h2-16,18,23,32-33,35,37-38,45,49H,17,19-22,24H2,1H3. The SMILES string of the molecule is Cc1ccc(NN2C(=O)C3CC4C(=CCC5C(=O)N(c6ccc(N7CCOCC7)cc6)C(=O)C54)C(c4cc(Br)ccc4O)C3(c3ccccc3)C2=O)cc1. The van der Waals surface area contributed by atoms with Gasteiger partial charge in [0.2, 0.25) is 11.8 Å². The lowest BCUT2D eigenvalue weighted by atomic mass is 9.49.